The zero-order chi connectivity index (χ0) is 20.7. The Morgan fingerprint density at radius 1 is 1.04 bits per heavy atom. The van der Waals surface area contributed by atoms with E-state index in [0.717, 1.165) is 11.1 Å². The molecule has 8 nitrogen and oxygen atoms in total. The van der Waals surface area contributed by atoms with Crippen molar-refractivity contribution in [2.45, 2.75) is 13.8 Å². The fourth-order valence-corrected chi connectivity index (χ4v) is 2.35. The molecule has 2 aromatic carbocycles. The number of nitrogens with one attached hydrogen (secondary N) is 1. The van der Waals surface area contributed by atoms with Crippen LogP contribution in [0.5, 0.6) is 11.5 Å². The van der Waals surface area contributed by atoms with Gasteiger partial charge in [0.1, 0.15) is 0 Å². The Bertz CT molecular complexity index is 894. The van der Waals surface area contributed by atoms with Gasteiger partial charge in [-0.1, -0.05) is 12.1 Å². The van der Waals surface area contributed by atoms with E-state index in [9.17, 15) is 14.4 Å². The van der Waals surface area contributed by atoms with E-state index in [4.69, 9.17) is 19.9 Å². The van der Waals surface area contributed by atoms with E-state index >= 15 is 0 Å². The van der Waals surface area contributed by atoms with Crippen LogP contribution in [-0.2, 0) is 14.3 Å². The fourth-order valence-electron chi connectivity index (χ4n) is 2.35. The molecule has 0 aliphatic heterocycles. The lowest BCUT2D eigenvalue weighted by atomic mass is 10.1. The lowest BCUT2D eigenvalue weighted by molar-refractivity contribution is -0.120. The maximum atomic E-state index is 12.2. The Morgan fingerprint density at radius 2 is 1.79 bits per heavy atom. The molecule has 2 rings (SSSR count). The highest BCUT2D eigenvalue weighted by atomic mass is 16.5. The lowest BCUT2D eigenvalue weighted by Crippen LogP contribution is -2.21. The van der Waals surface area contributed by atoms with E-state index in [1.54, 1.807) is 6.07 Å². The summed E-state index contributed by atoms with van der Waals surface area (Å²) in [6, 6.07) is 9.82. The van der Waals surface area contributed by atoms with Gasteiger partial charge in [-0.25, -0.2) is 4.79 Å². The van der Waals surface area contributed by atoms with E-state index in [1.807, 2.05) is 26.0 Å². The van der Waals surface area contributed by atoms with Gasteiger partial charge < -0.3 is 25.3 Å². The van der Waals surface area contributed by atoms with Crippen molar-refractivity contribution >= 4 is 23.5 Å². The summed E-state index contributed by atoms with van der Waals surface area (Å²) < 4.78 is 15.4. The molecule has 0 aliphatic carbocycles. The summed E-state index contributed by atoms with van der Waals surface area (Å²) in [7, 11) is 1.39. The molecule has 2 amide bonds. The number of aryl methyl sites for hydroxylation is 1. The molecule has 8 heteroatoms. The van der Waals surface area contributed by atoms with Gasteiger partial charge in [-0.05, 0) is 49.2 Å². The first-order valence-electron chi connectivity index (χ1n) is 8.44. The molecule has 3 N–H and O–H groups in total. The number of amides is 2. The van der Waals surface area contributed by atoms with Crippen molar-refractivity contribution in [1.29, 1.82) is 0 Å². The number of hydrogen-bond acceptors (Lipinski definition) is 6. The summed E-state index contributed by atoms with van der Waals surface area (Å²) in [5.74, 6) is -1.30. The predicted molar refractivity (Wildman–Crippen MR) is 103 cm³/mol. The number of methoxy groups -OCH3 is 1. The van der Waals surface area contributed by atoms with E-state index in [0.29, 0.717) is 5.69 Å². The van der Waals surface area contributed by atoms with Gasteiger partial charge in [-0.2, -0.15) is 0 Å². The molecule has 2 aromatic rings. The average Bonchev–Trinajstić information content (AvgIpc) is 2.67. The van der Waals surface area contributed by atoms with Gasteiger partial charge in [-0.15, -0.1) is 0 Å². The van der Waals surface area contributed by atoms with Crippen LogP contribution >= 0.6 is 0 Å². The van der Waals surface area contributed by atoms with E-state index in [1.165, 1.54) is 25.3 Å². The Labute approximate surface area is 162 Å². The molecule has 28 heavy (non-hydrogen) atoms. The van der Waals surface area contributed by atoms with Crippen molar-refractivity contribution in [3.63, 3.8) is 0 Å². The normalized spacial score (nSPS) is 10.1. The standard InChI is InChI=1S/C20H22N2O6/c1-12-5-4-6-15(13(12)2)22-19(24)11-28-20(25)14-7-8-16(17(9-14)26-3)27-10-18(21)23/h4-9H,10-11H2,1-3H3,(H2,21,23)(H,22,24). The first kappa shape index (κ1) is 20.8. The minimum absolute atomic E-state index is 0.169. The molecule has 148 valence electrons. The van der Waals surface area contributed by atoms with Crippen LogP contribution in [0.3, 0.4) is 0 Å². The highest BCUT2D eigenvalue weighted by Crippen LogP contribution is 2.28. The molecule has 0 atom stereocenters. The third-order valence-electron chi connectivity index (χ3n) is 3.98. The monoisotopic (exact) mass is 386 g/mol. The van der Waals surface area contributed by atoms with Crippen LogP contribution in [0, 0.1) is 13.8 Å². The van der Waals surface area contributed by atoms with Gasteiger partial charge >= 0.3 is 5.97 Å². The highest BCUT2D eigenvalue weighted by Gasteiger charge is 2.15. The summed E-state index contributed by atoms with van der Waals surface area (Å²) in [4.78, 5) is 35.1. The van der Waals surface area contributed by atoms with E-state index < -0.39 is 24.4 Å². The number of rotatable bonds is 8. The quantitative estimate of drug-likeness (QED) is 0.670. The Hall–Kier alpha value is -3.55. The van der Waals surface area contributed by atoms with Gasteiger partial charge in [-0.3, -0.25) is 9.59 Å². The van der Waals surface area contributed by atoms with Gasteiger partial charge in [0.15, 0.2) is 24.7 Å². The SMILES string of the molecule is COc1cc(C(=O)OCC(=O)Nc2cccc(C)c2C)ccc1OCC(N)=O. The van der Waals surface area contributed by atoms with Crippen LogP contribution in [0.4, 0.5) is 5.69 Å². The second kappa shape index (κ2) is 9.40. The molecule has 0 saturated carbocycles. The molecule has 0 radical (unpaired) electrons. The number of benzene rings is 2. The number of primary amides is 1. The Kier molecular flexibility index (Phi) is 6.97. The molecule has 0 aromatic heterocycles. The van der Waals surface area contributed by atoms with Crippen molar-refractivity contribution in [2.24, 2.45) is 5.73 Å². The van der Waals surface area contributed by atoms with E-state index in [2.05, 4.69) is 5.32 Å². The first-order valence-corrected chi connectivity index (χ1v) is 8.44. The summed E-state index contributed by atoms with van der Waals surface area (Å²) in [5.41, 5.74) is 7.85. The number of carbonyl (C=O) groups is 3. The minimum Gasteiger partial charge on any atom is -0.493 e. The molecule has 0 spiro atoms. The Balaban J connectivity index is 1.97. The number of hydrogen-bond donors (Lipinski definition) is 2. The summed E-state index contributed by atoms with van der Waals surface area (Å²) in [6.07, 6.45) is 0. The van der Waals surface area contributed by atoms with Gasteiger partial charge in [0.25, 0.3) is 11.8 Å². The van der Waals surface area contributed by atoms with Crippen molar-refractivity contribution < 1.29 is 28.6 Å². The Morgan fingerprint density at radius 3 is 2.46 bits per heavy atom. The number of anilines is 1. The first-order chi connectivity index (χ1) is 13.3. The summed E-state index contributed by atoms with van der Waals surface area (Å²) >= 11 is 0. The highest BCUT2D eigenvalue weighted by molar-refractivity contribution is 5.96. The smallest absolute Gasteiger partial charge is 0.338 e. The van der Waals surface area contributed by atoms with Gasteiger partial charge in [0.05, 0.1) is 12.7 Å². The molecule has 0 fully saturated rings. The summed E-state index contributed by atoms with van der Waals surface area (Å²) in [5, 5.41) is 2.71. The van der Waals surface area contributed by atoms with Crippen LogP contribution in [0.25, 0.3) is 0 Å². The zero-order valence-electron chi connectivity index (χ0n) is 15.9. The van der Waals surface area contributed by atoms with Crippen LogP contribution in [0.15, 0.2) is 36.4 Å². The third kappa shape index (κ3) is 5.47. The number of esters is 1. The van der Waals surface area contributed by atoms with Crippen molar-refractivity contribution in [3.05, 3.63) is 53.1 Å². The van der Waals surface area contributed by atoms with Crippen molar-refractivity contribution in [1.82, 2.24) is 0 Å². The molecular formula is C20H22N2O6. The van der Waals surface area contributed by atoms with E-state index in [-0.39, 0.29) is 23.7 Å². The lowest BCUT2D eigenvalue weighted by Gasteiger charge is -2.12. The molecule has 0 heterocycles. The second-order valence-electron chi connectivity index (χ2n) is 5.99. The van der Waals surface area contributed by atoms with Crippen LogP contribution < -0.4 is 20.5 Å². The molecule has 0 aliphatic rings. The largest absolute Gasteiger partial charge is 0.493 e. The fraction of sp³-hybridized carbons (Fsp3) is 0.250. The minimum atomic E-state index is -0.698. The molecular weight excluding hydrogens is 364 g/mol. The topological polar surface area (TPSA) is 117 Å². The van der Waals surface area contributed by atoms with Crippen LogP contribution in [0.1, 0.15) is 21.5 Å². The van der Waals surface area contributed by atoms with Gasteiger partial charge in [0.2, 0.25) is 0 Å². The average molecular weight is 386 g/mol. The van der Waals surface area contributed by atoms with Crippen molar-refractivity contribution in [2.75, 3.05) is 25.6 Å². The van der Waals surface area contributed by atoms with Crippen molar-refractivity contribution in [3.8, 4) is 11.5 Å². The number of carbonyl (C=O) groups excluding carboxylic acids is 3. The van der Waals surface area contributed by atoms with Crippen LogP contribution in [-0.4, -0.2) is 38.1 Å². The number of ether oxygens (including phenoxy) is 3. The summed E-state index contributed by atoms with van der Waals surface area (Å²) in [6.45, 7) is 3.08. The predicted octanol–water partition coefficient (Wildman–Crippen LogP) is 1.97. The molecule has 0 saturated heterocycles. The maximum Gasteiger partial charge on any atom is 0.338 e. The van der Waals surface area contributed by atoms with Gasteiger partial charge in [0, 0.05) is 5.69 Å². The second-order valence-corrected chi connectivity index (χ2v) is 5.99. The molecule has 0 unspecified atom stereocenters. The zero-order valence-corrected chi connectivity index (χ0v) is 15.9. The number of nitrogens with two attached hydrogens (primary N) is 1. The molecule has 0 bridgehead atoms. The maximum absolute atomic E-state index is 12.2. The third-order valence-corrected chi connectivity index (χ3v) is 3.98. The van der Waals surface area contributed by atoms with Crippen LogP contribution in [0.2, 0.25) is 0 Å².